The maximum absolute atomic E-state index is 11.1. The molecule has 1 aromatic carbocycles. The first-order chi connectivity index (χ1) is 8.52. The number of hydrogen-bond donors (Lipinski definition) is 1. The number of benzene rings is 1. The van der Waals surface area contributed by atoms with Crippen molar-refractivity contribution in [3.63, 3.8) is 0 Å². The largest absolute Gasteiger partial charge is 0.475 e. The molecule has 2 rings (SSSR count). The molecule has 0 bridgehead atoms. The van der Waals surface area contributed by atoms with E-state index >= 15 is 0 Å². The Morgan fingerprint density at radius 3 is 2.50 bits per heavy atom. The van der Waals surface area contributed by atoms with E-state index in [1.807, 2.05) is 0 Å². The zero-order valence-corrected chi connectivity index (χ0v) is 9.40. The average molecular weight is 247 g/mol. The normalized spacial score (nSPS) is 10.3. The van der Waals surface area contributed by atoms with E-state index in [0.717, 1.165) is 0 Å². The van der Waals surface area contributed by atoms with E-state index in [2.05, 4.69) is 5.10 Å². The van der Waals surface area contributed by atoms with Gasteiger partial charge in [-0.1, -0.05) is 30.3 Å². The lowest BCUT2D eigenvalue weighted by Gasteiger charge is -1.99. The minimum absolute atomic E-state index is 0.184. The smallest absolute Gasteiger partial charge is 0.383 e. The molecular formula is C11H9N3O4. The fourth-order valence-electron chi connectivity index (χ4n) is 1.75. The molecule has 0 fully saturated rings. The Morgan fingerprint density at radius 2 is 2.00 bits per heavy atom. The van der Waals surface area contributed by atoms with Crippen molar-refractivity contribution in [2.24, 2.45) is 0 Å². The number of nitrogens with zero attached hydrogens (tertiary/aromatic N) is 3. The summed E-state index contributed by atoms with van der Waals surface area (Å²) in [7, 11) is 0. The van der Waals surface area contributed by atoms with Gasteiger partial charge in [0.25, 0.3) is 5.69 Å². The molecule has 0 saturated heterocycles. The van der Waals surface area contributed by atoms with E-state index in [-0.39, 0.29) is 17.0 Å². The quantitative estimate of drug-likeness (QED) is 0.656. The maximum Gasteiger partial charge on any atom is 0.383 e. The number of nitro groups is 1. The fraction of sp³-hybridized carbons (Fsp3) is 0.0909. The Kier molecular flexibility index (Phi) is 2.80. The summed E-state index contributed by atoms with van der Waals surface area (Å²) in [5, 5.41) is 22.5. The van der Waals surface area contributed by atoms with Gasteiger partial charge < -0.3 is 15.2 Å². The predicted molar refractivity (Wildman–Crippen MR) is 61.8 cm³/mol. The molecule has 2 aromatic rings. The average Bonchev–Trinajstić information content (AvgIpc) is 2.68. The number of rotatable bonds is 3. The van der Waals surface area contributed by atoms with Crippen LogP contribution in [0, 0.1) is 17.0 Å². The second kappa shape index (κ2) is 4.28. The van der Waals surface area contributed by atoms with Gasteiger partial charge in [0, 0.05) is 4.79 Å². The van der Waals surface area contributed by atoms with E-state index in [0.29, 0.717) is 10.4 Å². The van der Waals surface area contributed by atoms with E-state index in [1.165, 1.54) is 6.92 Å². The summed E-state index contributed by atoms with van der Waals surface area (Å²) in [4.78, 5) is 22.3. The van der Waals surface area contributed by atoms with Gasteiger partial charge in [0.15, 0.2) is 0 Å². The van der Waals surface area contributed by atoms with Crippen LogP contribution in [0.15, 0.2) is 30.3 Å². The lowest BCUT2D eigenvalue weighted by Crippen LogP contribution is -2.12. The Hall–Kier alpha value is -2.70. The summed E-state index contributed by atoms with van der Waals surface area (Å²) in [5.74, 6) is -1.29. The second-order valence-corrected chi connectivity index (χ2v) is 3.61. The van der Waals surface area contributed by atoms with Gasteiger partial charge in [0.2, 0.25) is 0 Å². The van der Waals surface area contributed by atoms with Crippen molar-refractivity contribution >= 4 is 5.97 Å². The topological polar surface area (TPSA) is 98.3 Å². The lowest BCUT2D eigenvalue weighted by molar-refractivity contribution is -0.554. The molecule has 0 atom stereocenters. The molecule has 1 N–H and O–H groups in total. The van der Waals surface area contributed by atoms with Crippen LogP contribution < -0.4 is 0 Å². The molecule has 0 spiro atoms. The van der Waals surface area contributed by atoms with E-state index < -0.39 is 11.0 Å². The Balaban J connectivity index is 2.73. The summed E-state index contributed by atoms with van der Waals surface area (Å²) >= 11 is 0. The Labute approximate surface area is 101 Å². The van der Waals surface area contributed by atoms with Gasteiger partial charge in [-0.3, -0.25) is 0 Å². The molecule has 0 aliphatic carbocycles. The highest BCUT2D eigenvalue weighted by molar-refractivity contribution is 5.94. The van der Waals surface area contributed by atoms with Crippen LogP contribution in [0.2, 0.25) is 0 Å². The van der Waals surface area contributed by atoms with Crippen molar-refractivity contribution in [3.8, 4) is 11.1 Å². The van der Waals surface area contributed by atoms with Crippen LogP contribution in [0.3, 0.4) is 0 Å². The lowest BCUT2D eigenvalue weighted by atomic mass is 10.0. The van der Waals surface area contributed by atoms with Crippen LogP contribution in [-0.2, 0) is 0 Å². The third-order valence-electron chi connectivity index (χ3n) is 2.51. The molecule has 0 amide bonds. The molecule has 1 aromatic heterocycles. The molecule has 18 heavy (non-hydrogen) atoms. The van der Waals surface area contributed by atoms with Crippen molar-refractivity contribution < 1.29 is 14.9 Å². The SMILES string of the molecule is Cc1c(-c2ccccc2)c(C(=O)O)nn1[N+](=O)[O-]. The van der Waals surface area contributed by atoms with Crippen LogP contribution in [0.25, 0.3) is 11.1 Å². The predicted octanol–water partition coefficient (Wildman–Crippen LogP) is 1.60. The summed E-state index contributed by atoms with van der Waals surface area (Å²) in [6.07, 6.45) is 0. The zero-order chi connectivity index (χ0) is 13.3. The molecule has 0 aliphatic rings. The highest BCUT2D eigenvalue weighted by atomic mass is 16.7. The van der Waals surface area contributed by atoms with Gasteiger partial charge in [-0.15, -0.1) is 0 Å². The summed E-state index contributed by atoms with van der Waals surface area (Å²) in [6.45, 7) is 1.46. The number of carboxylic acid groups (broad SMARTS) is 1. The zero-order valence-electron chi connectivity index (χ0n) is 9.40. The van der Waals surface area contributed by atoms with Gasteiger partial charge in [-0.2, -0.15) is 0 Å². The molecule has 0 saturated carbocycles. The van der Waals surface area contributed by atoms with Crippen molar-refractivity contribution in [2.75, 3.05) is 0 Å². The molecule has 7 nitrogen and oxygen atoms in total. The van der Waals surface area contributed by atoms with Crippen molar-refractivity contribution in [3.05, 3.63) is 51.8 Å². The molecule has 0 unspecified atom stereocenters. The molecule has 0 aliphatic heterocycles. The van der Waals surface area contributed by atoms with Crippen LogP contribution >= 0.6 is 0 Å². The summed E-state index contributed by atoms with van der Waals surface area (Å²) < 4.78 is 0. The van der Waals surface area contributed by atoms with Gasteiger partial charge in [-0.05, 0) is 12.5 Å². The van der Waals surface area contributed by atoms with Gasteiger partial charge in [-0.25, -0.2) is 4.79 Å². The van der Waals surface area contributed by atoms with E-state index in [1.54, 1.807) is 30.3 Å². The number of aromatic nitrogens is 2. The van der Waals surface area contributed by atoms with E-state index in [9.17, 15) is 14.9 Å². The molecular weight excluding hydrogens is 238 g/mol. The van der Waals surface area contributed by atoms with Gasteiger partial charge in [0.05, 0.1) is 15.7 Å². The van der Waals surface area contributed by atoms with Crippen molar-refractivity contribution in [1.29, 1.82) is 0 Å². The van der Waals surface area contributed by atoms with Crippen LogP contribution in [-0.4, -0.2) is 26.0 Å². The van der Waals surface area contributed by atoms with Crippen LogP contribution in [0.5, 0.6) is 0 Å². The van der Waals surface area contributed by atoms with Crippen molar-refractivity contribution in [2.45, 2.75) is 6.92 Å². The Bertz CT molecular complexity index is 619. The summed E-state index contributed by atoms with van der Waals surface area (Å²) in [6, 6.07) is 8.59. The monoisotopic (exact) mass is 247 g/mol. The number of aromatic carboxylic acids is 1. The first-order valence-electron chi connectivity index (χ1n) is 5.05. The highest BCUT2D eigenvalue weighted by Crippen LogP contribution is 2.26. The maximum atomic E-state index is 11.1. The third-order valence-corrected chi connectivity index (χ3v) is 2.51. The second-order valence-electron chi connectivity index (χ2n) is 3.61. The van der Waals surface area contributed by atoms with E-state index in [4.69, 9.17) is 5.11 Å². The third kappa shape index (κ3) is 1.81. The minimum Gasteiger partial charge on any atom is -0.475 e. The molecule has 92 valence electrons. The van der Waals surface area contributed by atoms with Gasteiger partial charge in [0.1, 0.15) is 5.69 Å². The number of carbonyl (C=O) groups is 1. The standard InChI is InChI=1S/C11H9N3O4/c1-7-9(8-5-3-2-4-6-8)10(11(15)16)12-13(7)14(17)18/h2-6H,1H3,(H,15,16). The highest BCUT2D eigenvalue weighted by Gasteiger charge is 2.29. The fourth-order valence-corrected chi connectivity index (χ4v) is 1.75. The Morgan fingerprint density at radius 1 is 1.39 bits per heavy atom. The van der Waals surface area contributed by atoms with Crippen molar-refractivity contribution in [1.82, 2.24) is 9.89 Å². The van der Waals surface area contributed by atoms with Crippen LogP contribution in [0.1, 0.15) is 16.2 Å². The minimum atomic E-state index is -1.29. The number of carboxylic acids is 1. The molecule has 1 heterocycles. The van der Waals surface area contributed by atoms with Gasteiger partial charge >= 0.3 is 5.97 Å². The van der Waals surface area contributed by atoms with Crippen LogP contribution in [0.4, 0.5) is 0 Å². The first-order valence-corrected chi connectivity index (χ1v) is 5.05. The molecule has 7 heteroatoms. The number of hydrogen-bond acceptors (Lipinski definition) is 4. The first kappa shape index (κ1) is 11.8. The molecule has 0 radical (unpaired) electrons. The summed E-state index contributed by atoms with van der Waals surface area (Å²) in [5.41, 5.74) is 0.708.